The molecule has 2 aromatic carbocycles. The predicted octanol–water partition coefficient (Wildman–Crippen LogP) is 6.64. The molecule has 2 aromatic heterocycles. The first-order chi connectivity index (χ1) is 20.4. The highest BCUT2D eigenvalue weighted by atomic mass is 35.5. The molecule has 0 amide bonds. The van der Waals surface area contributed by atoms with Crippen LogP contribution in [-0.4, -0.2) is 46.9 Å². The van der Waals surface area contributed by atoms with Gasteiger partial charge in [0.25, 0.3) is 0 Å². The largest absolute Gasteiger partial charge is 0.494 e. The van der Waals surface area contributed by atoms with Crippen LogP contribution in [0.1, 0.15) is 36.6 Å². The van der Waals surface area contributed by atoms with E-state index in [1.54, 1.807) is 24.4 Å². The fourth-order valence-corrected chi connectivity index (χ4v) is 5.27. The Hall–Kier alpha value is -4.45. The fourth-order valence-electron chi connectivity index (χ4n) is 5.03. The molecule has 5 rings (SSSR count). The van der Waals surface area contributed by atoms with Crippen molar-refractivity contribution in [3.05, 3.63) is 94.9 Å². The average molecular weight is 582 g/mol. The molecule has 1 fully saturated rings. The van der Waals surface area contributed by atoms with Crippen LogP contribution in [0.5, 0.6) is 11.5 Å². The van der Waals surface area contributed by atoms with Crippen molar-refractivity contribution < 1.29 is 14.3 Å². The predicted molar refractivity (Wildman–Crippen MR) is 164 cm³/mol. The number of aromatic nitrogens is 2. The molecule has 0 saturated carbocycles. The van der Waals surface area contributed by atoms with Crippen LogP contribution < -0.4 is 14.8 Å². The van der Waals surface area contributed by atoms with Crippen LogP contribution in [0.2, 0.25) is 5.02 Å². The van der Waals surface area contributed by atoms with E-state index in [0.717, 1.165) is 30.6 Å². The maximum atomic E-state index is 13.0. The lowest BCUT2D eigenvalue weighted by Gasteiger charge is -2.16. The number of ether oxygens (including phenoxy) is 2. The van der Waals surface area contributed by atoms with Crippen molar-refractivity contribution >= 4 is 39.7 Å². The van der Waals surface area contributed by atoms with E-state index in [-0.39, 0.29) is 24.9 Å². The van der Waals surface area contributed by atoms with Gasteiger partial charge in [-0.25, -0.2) is 0 Å². The molecule has 0 spiro atoms. The summed E-state index contributed by atoms with van der Waals surface area (Å²) in [5.74, 6) is 1.11. The van der Waals surface area contributed by atoms with Crippen LogP contribution in [0.3, 0.4) is 0 Å². The molecule has 0 radical (unpaired) electrons. The summed E-state index contributed by atoms with van der Waals surface area (Å²) in [6.07, 6.45) is 9.26. The average Bonchev–Trinajstić information content (AvgIpc) is 3.41. The number of pyridine rings is 2. The smallest absolute Gasteiger partial charge is 0.159 e. The van der Waals surface area contributed by atoms with Gasteiger partial charge >= 0.3 is 0 Å². The number of likely N-dealkylation sites (tertiary alicyclic amines) is 1. The minimum atomic E-state index is -0.0115. The fraction of sp³-hybridized carbons (Fsp3) is 0.273. The van der Waals surface area contributed by atoms with Gasteiger partial charge in [0.15, 0.2) is 5.78 Å². The van der Waals surface area contributed by atoms with Crippen LogP contribution in [0.4, 0.5) is 11.4 Å². The topological polar surface area (TPSA) is 100 Å². The minimum absolute atomic E-state index is 0.0115. The van der Waals surface area contributed by atoms with Crippen LogP contribution in [0.25, 0.3) is 10.9 Å². The number of allylic oxidation sites excluding steroid dienone is 1. The van der Waals surface area contributed by atoms with E-state index in [2.05, 4.69) is 33.3 Å². The molecule has 1 saturated heterocycles. The number of rotatable bonds is 11. The van der Waals surface area contributed by atoms with Crippen LogP contribution in [-0.2, 0) is 17.8 Å². The summed E-state index contributed by atoms with van der Waals surface area (Å²) in [7, 11) is 2.08. The summed E-state index contributed by atoms with van der Waals surface area (Å²) in [4.78, 5) is 24.0. The second-order valence-corrected chi connectivity index (χ2v) is 10.5. The summed E-state index contributed by atoms with van der Waals surface area (Å²) in [5, 5.41) is 14.4. The summed E-state index contributed by atoms with van der Waals surface area (Å²) < 4.78 is 11.7. The molecule has 1 aliphatic rings. The quantitative estimate of drug-likeness (QED) is 0.197. The Balaban J connectivity index is 1.42. The van der Waals surface area contributed by atoms with Gasteiger partial charge in [-0.05, 0) is 75.8 Å². The highest BCUT2D eigenvalue weighted by Crippen LogP contribution is 2.36. The lowest BCUT2D eigenvalue weighted by molar-refractivity contribution is -0.114. The molecular weight excluding hydrogens is 550 g/mol. The Kier molecular flexibility index (Phi) is 9.32. The number of anilines is 2. The van der Waals surface area contributed by atoms with Gasteiger partial charge in [0.1, 0.15) is 24.2 Å². The van der Waals surface area contributed by atoms with E-state index < -0.39 is 0 Å². The molecule has 0 aliphatic carbocycles. The monoisotopic (exact) mass is 581 g/mol. The molecule has 42 heavy (non-hydrogen) atoms. The number of nitrogens with zero attached hydrogens (tertiary/aromatic N) is 4. The molecule has 1 aliphatic heterocycles. The maximum Gasteiger partial charge on any atom is 0.159 e. The van der Waals surface area contributed by atoms with E-state index in [1.807, 2.05) is 49.4 Å². The van der Waals surface area contributed by atoms with Gasteiger partial charge in [-0.1, -0.05) is 23.7 Å². The number of likely N-dealkylation sites (N-methyl/N-ethyl adjacent to an activating group) is 1. The third kappa shape index (κ3) is 6.88. The van der Waals surface area contributed by atoms with E-state index >= 15 is 0 Å². The van der Waals surface area contributed by atoms with Crippen molar-refractivity contribution in [3.63, 3.8) is 0 Å². The molecule has 0 bridgehead atoms. The standard InChI is InChI=1S/C33H32ClN5O3/c1-3-41-32-18-30-28(16-22(32)15-27(40)11-10-26-8-6-14-39(26)2)33(23(19-35)20-37-30)38-24-9-12-31(29(34)17-24)42-21-25-7-4-5-13-36-25/h4-5,7,9-13,16-18,20,26H,3,6,8,14-15,21H2,1-2H3,(H,37,38)/b11-10+/t26-/m1/s1. The Morgan fingerprint density at radius 3 is 2.79 bits per heavy atom. The third-order valence-corrected chi connectivity index (χ3v) is 7.51. The van der Waals surface area contributed by atoms with Crippen molar-refractivity contribution in [2.45, 2.75) is 38.8 Å². The zero-order valence-electron chi connectivity index (χ0n) is 23.6. The van der Waals surface area contributed by atoms with Gasteiger partial charge in [0, 0.05) is 47.6 Å². The summed E-state index contributed by atoms with van der Waals surface area (Å²) in [6.45, 7) is 3.68. The number of hydrogen-bond donors (Lipinski definition) is 1. The number of fused-ring (bicyclic) bond motifs is 1. The number of carbonyl (C=O) groups excluding carboxylic acids is 1. The van der Waals surface area contributed by atoms with Crippen molar-refractivity contribution in [2.24, 2.45) is 0 Å². The van der Waals surface area contributed by atoms with Gasteiger partial charge in [-0.3, -0.25) is 19.7 Å². The first-order valence-electron chi connectivity index (χ1n) is 13.9. The van der Waals surface area contributed by atoms with Gasteiger partial charge in [-0.2, -0.15) is 5.26 Å². The Bertz CT molecular complexity index is 1650. The number of halogens is 1. The Morgan fingerprint density at radius 1 is 1.19 bits per heavy atom. The number of hydrogen-bond acceptors (Lipinski definition) is 8. The highest BCUT2D eigenvalue weighted by Gasteiger charge is 2.19. The van der Waals surface area contributed by atoms with Crippen molar-refractivity contribution in [3.8, 4) is 17.6 Å². The van der Waals surface area contributed by atoms with E-state index in [0.29, 0.717) is 51.0 Å². The van der Waals surface area contributed by atoms with Gasteiger partial charge < -0.3 is 14.8 Å². The summed E-state index contributed by atoms with van der Waals surface area (Å²) in [6, 6.07) is 17.2. The van der Waals surface area contributed by atoms with E-state index in [4.69, 9.17) is 21.1 Å². The lowest BCUT2D eigenvalue weighted by atomic mass is 10.0. The van der Waals surface area contributed by atoms with Crippen molar-refractivity contribution in [1.82, 2.24) is 14.9 Å². The number of nitriles is 1. The molecule has 214 valence electrons. The lowest BCUT2D eigenvalue weighted by Crippen LogP contribution is -2.22. The molecule has 8 nitrogen and oxygen atoms in total. The first kappa shape index (κ1) is 29.1. The molecule has 3 heterocycles. The van der Waals surface area contributed by atoms with Crippen LogP contribution >= 0.6 is 11.6 Å². The molecular formula is C33H32ClN5O3. The van der Waals surface area contributed by atoms with Gasteiger partial charge in [0.2, 0.25) is 0 Å². The molecule has 1 atom stereocenters. The van der Waals surface area contributed by atoms with Crippen molar-refractivity contribution in [2.75, 3.05) is 25.5 Å². The maximum absolute atomic E-state index is 13.0. The Labute approximate surface area is 250 Å². The third-order valence-electron chi connectivity index (χ3n) is 7.22. The second kappa shape index (κ2) is 13.5. The minimum Gasteiger partial charge on any atom is -0.494 e. The number of benzene rings is 2. The second-order valence-electron chi connectivity index (χ2n) is 10.1. The summed E-state index contributed by atoms with van der Waals surface area (Å²) >= 11 is 6.55. The number of ketones is 1. The zero-order chi connectivity index (χ0) is 29.5. The number of nitrogens with one attached hydrogen (secondary N) is 1. The first-order valence-corrected chi connectivity index (χ1v) is 14.3. The van der Waals surface area contributed by atoms with E-state index in [9.17, 15) is 10.1 Å². The normalized spacial score (nSPS) is 15.1. The van der Waals surface area contributed by atoms with E-state index in [1.165, 1.54) is 6.20 Å². The molecule has 1 N–H and O–H groups in total. The summed E-state index contributed by atoms with van der Waals surface area (Å²) in [5.41, 5.74) is 3.76. The molecule has 4 aromatic rings. The highest BCUT2D eigenvalue weighted by molar-refractivity contribution is 6.32. The van der Waals surface area contributed by atoms with Crippen molar-refractivity contribution in [1.29, 1.82) is 5.26 Å². The van der Waals surface area contributed by atoms with Crippen LogP contribution in [0, 0.1) is 11.3 Å². The zero-order valence-corrected chi connectivity index (χ0v) is 24.4. The van der Waals surface area contributed by atoms with Gasteiger partial charge in [0.05, 0.1) is 34.1 Å². The number of carbonyl (C=O) groups is 1. The molecule has 9 heteroatoms. The molecule has 0 unspecified atom stereocenters. The van der Waals surface area contributed by atoms with Gasteiger partial charge in [-0.15, -0.1) is 0 Å². The van der Waals surface area contributed by atoms with Crippen LogP contribution in [0.15, 0.2) is 73.1 Å². The SMILES string of the molecule is CCOc1cc2ncc(C#N)c(Nc3ccc(OCc4ccccn4)c(Cl)c3)c2cc1CC(=O)/C=C/[C@H]1CCCN1C. The Morgan fingerprint density at radius 2 is 2.07 bits per heavy atom.